The number of nitrogens with two attached hydrogens (primary N) is 1. The molecular formula is C4H7ClN4O. The molecule has 0 atom stereocenters. The van der Waals surface area contributed by atoms with E-state index in [1.165, 1.54) is 10.9 Å². The maximum absolute atomic E-state index is 10.3. The van der Waals surface area contributed by atoms with Gasteiger partial charge in [0.1, 0.15) is 0 Å². The first-order valence-corrected chi connectivity index (χ1v) is 2.36. The van der Waals surface area contributed by atoms with Crippen molar-refractivity contribution in [2.45, 2.75) is 0 Å². The first-order chi connectivity index (χ1) is 4.20. The van der Waals surface area contributed by atoms with E-state index in [1.807, 2.05) is 0 Å². The monoisotopic (exact) mass is 162 g/mol. The lowest BCUT2D eigenvalue weighted by atomic mass is 10.5. The van der Waals surface area contributed by atoms with Crippen LogP contribution in [0.2, 0.25) is 0 Å². The largest absolute Gasteiger partial charge is 0.364 e. The fraction of sp³-hybridized carbons (Fsp3) is 0.250. The molecule has 0 aliphatic heterocycles. The van der Waals surface area contributed by atoms with Crippen LogP contribution >= 0.6 is 12.4 Å². The summed E-state index contributed by atoms with van der Waals surface area (Å²) in [5.74, 6) is -0.553. The van der Waals surface area contributed by atoms with Crippen LogP contribution in [0.25, 0.3) is 0 Å². The highest BCUT2D eigenvalue weighted by molar-refractivity contribution is 5.90. The van der Waals surface area contributed by atoms with Gasteiger partial charge in [0.25, 0.3) is 5.91 Å². The van der Waals surface area contributed by atoms with Crippen molar-refractivity contribution >= 4 is 18.3 Å². The molecule has 0 aliphatic carbocycles. The molecule has 0 saturated heterocycles. The zero-order valence-corrected chi connectivity index (χ0v) is 6.13. The van der Waals surface area contributed by atoms with Crippen LogP contribution in [0.1, 0.15) is 10.5 Å². The van der Waals surface area contributed by atoms with E-state index in [2.05, 4.69) is 10.3 Å². The van der Waals surface area contributed by atoms with Crippen LogP contribution in [0.3, 0.4) is 0 Å². The average Bonchev–Trinajstić information content (AvgIpc) is 2.14. The van der Waals surface area contributed by atoms with Gasteiger partial charge in [-0.1, -0.05) is 5.21 Å². The van der Waals surface area contributed by atoms with Crippen LogP contribution < -0.4 is 5.73 Å². The van der Waals surface area contributed by atoms with Gasteiger partial charge in [0, 0.05) is 7.05 Å². The summed E-state index contributed by atoms with van der Waals surface area (Å²) in [5, 5.41) is 6.96. The highest BCUT2D eigenvalue weighted by atomic mass is 35.5. The molecule has 0 radical (unpaired) electrons. The Bertz CT molecular complexity index is 233. The van der Waals surface area contributed by atoms with Gasteiger partial charge in [-0.3, -0.25) is 9.48 Å². The number of hydrogen-bond acceptors (Lipinski definition) is 3. The van der Waals surface area contributed by atoms with Gasteiger partial charge in [0.05, 0.1) is 6.20 Å². The van der Waals surface area contributed by atoms with Gasteiger partial charge in [-0.2, -0.15) is 0 Å². The summed E-state index contributed by atoms with van der Waals surface area (Å²) in [6.07, 6.45) is 1.46. The summed E-state index contributed by atoms with van der Waals surface area (Å²) in [5.41, 5.74) is 5.06. The number of nitrogens with zero attached hydrogens (tertiary/aromatic N) is 3. The molecule has 6 heteroatoms. The molecule has 1 aromatic heterocycles. The van der Waals surface area contributed by atoms with Gasteiger partial charge >= 0.3 is 0 Å². The zero-order chi connectivity index (χ0) is 6.85. The van der Waals surface area contributed by atoms with Crippen molar-refractivity contribution in [3.8, 4) is 0 Å². The molecule has 1 heterocycles. The third-order valence-corrected chi connectivity index (χ3v) is 0.855. The Labute approximate surface area is 63.6 Å². The maximum atomic E-state index is 10.3. The molecule has 0 aromatic carbocycles. The quantitative estimate of drug-likeness (QED) is 0.596. The minimum Gasteiger partial charge on any atom is -0.364 e. The fourth-order valence-corrected chi connectivity index (χ4v) is 0.460. The molecule has 0 unspecified atom stereocenters. The minimum absolute atomic E-state index is 0. The van der Waals surface area contributed by atoms with Crippen molar-refractivity contribution in [3.05, 3.63) is 11.9 Å². The number of primary amides is 1. The molecule has 0 saturated carbocycles. The molecule has 0 aliphatic rings. The lowest BCUT2D eigenvalue weighted by molar-refractivity contribution is 0.0995. The molecule has 1 rings (SSSR count). The molecular weight excluding hydrogens is 156 g/mol. The number of hydrogen-bond donors (Lipinski definition) is 1. The molecule has 0 bridgehead atoms. The number of aromatic nitrogens is 3. The van der Waals surface area contributed by atoms with Crippen LogP contribution in [0.4, 0.5) is 0 Å². The van der Waals surface area contributed by atoms with Crippen molar-refractivity contribution < 1.29 is 4.79 Å². The fourth-order valence-electron chi connectivity index (χ4n) is 0.460. The Balaban J connectivity index is 0.000000810. The Morgan fingerprint density at radius 2 is 2.40 bits per heavy atom. The number of carbonyl (C=O) groups is 1. The van der Waals surface area contributed by atoms with E-state index in [9.17, 15) is 4.79 Å². The number of halogens is 1. The summed E-state index contributed by atoms with van der Waals surface area (Å²) in [4.78, 5) is 10.3. The average molecular weight is 163 g/mol. The molecule has 56 valence electrons. The molecule has 0 fully saturated rings. The lowest BCUT2D eigenvalue weighted by Crippen LogP contribution is -2.11. The second kappa shape index (κ2) is 3.17. The number of amides is 1. The van der Waals surface area contributed by atoms with E-state index in [0.29, 0.717) is 0 Å². The van der Waals surface area contributed by atoms with Gasteiger partial charge in [0.2, 0.25) is 0 Å². The van der Waals surface area contributed by atoms with Crippen molar-refractivity contribution in [1.82, 2.24) is 15.0 Å². The van der Waals surface area contributed by atoms with Crippen LogP contribution in [-0.4, -0.2) is 20.9 Å². The van der Waals surface area contributed by atoms with E-state index in [4.69, 9.17) is 5.73 Å². The normalized spacial score (nSPS) is 8.50. The van der Waals surface area contributed by atoms with Crippen LogP contribution in [-0.2, 0) is 7.05 Å². The minimum atomic E-state index is -0.553. The van der Waals surface area contributed by atoms with E-state index in [-0.39, 0.29) is 18.1 Å². The predicted molar refractivity (Wildman–Crippen MR) is 36.8 cm³/mol. The van der Waals surface area contributed by atoms with Crippen molar-refractivity contribution in [2.24, 2.45) is 12.8 Å². The molecule has 1 amide bonds. The van der Waals surface area contributed by atoms with Gasteiger partial charge in [-0.15, -0.1) is 17.5 Å². The standard InChI is InChI=1S/C4H6N4O.ClH/c1-8-2-3(4(5)9)6-7-8;/h2H,1H3,(H2,5,9);1H. The Hall–Kier alpha value is -1.10. The first kappa shape index (κ1) is 8.90. The third-order valence-electron chi connectivity index (χ3n) is 0.855. The lowest BCUT2D eigenvalue weighted by Gasteiger charge is -1.79. The van der Waals surface area contributed by atoms with E-state index >= 15 is 0 Å². The predicted octanol–water partition coefficient (Wildman–Crippen LogP) is -0.664. The Morgan fingerprint density at radius 3 is 2.60 bits per heavy atom. The second-order valence-corrected chi connectivity index (χ2v) is 1.64. The second-order valence-electron chi connectivity index (χ2n) is 1.64. The van der Waals surface area contributed by atoms with Crippen LogP contribution in [0.5, 0.6) is 0 Å². The van der Waals surface area contributed by atoms with Crippen molar-refractivity contribution in [2.75, 3.05) is 0 Å². The molecule has 10 heavy (non-hydrogen) atoms. The first-order valence-electron chi connectivity index (χ1n) is 2.36. The Kier molecular flexibility index (Phi) is 2.82. The molecule has 5 nitrogen and oxygen atoms in total. The molecule has 0 spiro atoms. The van der Waals surface area contributed by atoms with Gasteiger partial charge in [-0.25, -0.2) is 0 Å². The van der Waals surface area contributed by atoms with Gasteiger partial charge in [-0.05, 0) is 0 Å². The number of carbonyl (C=O) groups excluding carboxylic acids is 1. The molecule has 2 N–H and O–H groups in total. The van der Waals surface area contributed by atoms with Crippen LogP contribution in [0.15, 0.2) is 6.20 Å². The topological polar surface area (TPSA) is 73.8 Å². The summed E-state index contributed by atoms with van der Waals surface area (Å²) in [6, 6.07) is 0. The summed E-state index contributed by atoms with van der Waals surface area (Å²) >= 11 is 0. The van der Waals surface area contributed by atoms with E-state index in [1.54, 1.807) is 7.05 Å². The van der Waals surface area contributed by atoms with Crippen molar-refractivity contribution in [1.29, 1.82) is 0 Å². The van der Waals surface area contributed by atoms with Gasteiger partial charge in [0.15, 0.2) is 5.69 Å². The maximum Gasteiger partial charge on any atom is 0.270 e. The van der Waals surface area contributed by atoms with Crippen LogP contribution in [0, 0.1) is 0 Å². The van der Waals surface area contributed by atoms with E-state index in [0.717, 1.165) is 0 Å². The summed E-state index contributed by atoms with van der Waals surface area (Å²) in [7, 11) is 1.67. The smallest absolute Gasteiger partial charge is 0.270 e. The summed E-state index contributed by atoms with van der Waals surface area (Å²) in [6.45, 7) is 0. The van der Waals surface area contributed by atoms with Crippen molar-refractivity contribution in [3.63, 3.8) is 0 Å². The highest BCUT2D eigenvalue weighted by Gasteiger charge is 2.02. The summed E-state index contributed by atoms with van der Waals surface area (Å²) < 4.78 is 1.42. The SMILES string of the molecule is Cl.Cn1cc(C(N)=O)nn1. The number of aryl methyl sites for hydroxylation is 1. The highest BCUT2D eigenvalue weighted by Crippen LogP contribution is 1.86. The van der Waals surface area contributed by atoms with Gasteiger partial charge < -0.3 is 5.73 Å². The third kappa shape index (κ3) is 1.70. The van der Waals surface area contributed by atoms with E-state index < -0.39 is 5.91 Å². The zero-order valence-electron chi connectivity index (χ0n) is 5.31. The molecule has 1 aromatic rings. The Morgan fingerprint density at radius 1 is 1.80 bits per heavy atom. The number of rotatable bonds is 1.